The van der Waals surface area contributed by atoms with Crippen LogP contribution in [0.2, 0.25) is 0 Å². The van der Waals surface area contributed by atoms with Crippen LogP contribution in [-0.2, 0) is 4.79 Å². The van der Waals surface area contributed by atoms with Crippen LogP contribution in [0.1, 0.15) is 42.5 Å². The van der Waals surface area contributed by atoms with E-state index in [0.717, 1.165) is 23.8 Å². The van der Waals surface area contributed by atoms with Gasteiger partial charge in [0.15, 0.2) is 0 Å². The fraction of sp³-hybridized carbons (Fsp3) is 0.500. The number of rotatable bonds is 4. The molecule has 0 spiro atoms. The summed E-state index contributed by atoms with van der Waals surface area (Å²) in [7, 11) is 0. The maximum Gasteiger partial charge on any atom is 0.224 e. The van der Waals surface area contributed by atoms with Crippen molar-refractivity contribution in [3.63, 3.8) is 0 Å². The Labute approximate surface area is 113 Å². The molecule has 3 rings (SSSR count). The number of fused-ring (bicyclic) bond motifs is 2. The van der Waals surface area contributed by atoms with Gasteiger partial charge < -0.3 is 5.32 Å². The molecule has 3 unspecified atom stereocenters. The van der Waals surface area contributed by atoms with Crippen LogP contribution in [0.3, 0.4) is 0 Å². The van der Waals surface area contributed by atoms with Gasteiger partial charge in [-0.3, -0.25) is 9.59 Å². The van der Waals surface area contributed by atoms with Crippen LogP contribution in [0.4, 0.5) is 5.69 Å². The Morgan fingerprint density at radius 1 is 1.32 bits per heavy atom. The molecule has 0 aromatic heterocycles. The molecule has 2 aliphatic rings. The van der Waals surface area contributed by atoms with E-state index in [1.54, 1.807) is 18.2 Å². The van der Waals surface area contributed by atoms with Crippen molar-refractivity contribution in [1.82, 2.24) is 0 Å². The number of carbonyl (C=O) groups is 2. The zero-order valence-corrected chi connectivity index (χ0v) is 11.0. The van der Waals surface area contributed by atoms with Crippen LogP contribution < -0.4 is 5.32 Å². The highest BCUT2D eigenvalue weighted by atomic mass is 16.1. The van der Waals surface area contributed by atoms with E-state index in [1.807, 2.05) is 6.07 Å². The number of hydrogen-bond donors (Lipinski definition) is 1. The Balaban J connectivity index is 1.57. The summed E-state index contributed by atoms with van der Waals surface area (Å²) in [5.41, 5.74) is 1.32. The van der Waals surface area contributed by atoms with Crippen LogP contribution in [0.15, 0.2) is 24.3 Å². The lowest BCUT2D eigenvalue weighted by Gasteiger charge is -2.20. The molecule has 2 saturated carbocycles. The van der Waals surface area contributed by atoms with Crippen LogP contribution in [0.25, 0.3) is 0 Å². The first-order valence-corrected chi connectivity index (χ1v) is 7.09. The van der Waals surface area contributed by atoms with Crippen molar-refractivity contribution in [2.24, 2.45) is 17.8 Å². The van der Waals surface area contributed by atoms with Gasteiger partial charge in [-0.15, -0.1) is 0 Å². The number of carbonyl (C=O) groups excluding carboxylic acids is 2. The third-order valence-corrected chi connectivity index (χ3v) is 4.64. The average Bonchev–Trinajstić information content (AvgIpc) is 3.01. The molecule has 0 aliphatic heterocycles. The van der Waals surface area contributed by atoms with Gasteiger partial charge in [0.05, 0.1) is 0 Å². The number of aldehydes is 1. The van der Waals surface area contributed by atoms with Gasteiger partial charge in [0.25, 0.3) is 0 Å². The molecule has 3 heteroatoms. The lowest BCUT2D eigenvalue weighted by Crippen LogP contribution is -2.20. The van der Waals surface area contributed by atoms with Gasteiger partial charge in [0.1, 0.15) is 6.29 Å². The first kappa shape index (κ1) is 12.4. The quantitative estimate of drug-likeness (QED) is 0.841. The summed E-state index contributed by atoms with van der Waals surface area (Å²) < 4.78 is 0. The van der Waals surface area contributed by atoms with E-state index < -0.39 is 0 Å². The first-order valence-electron chi connectivity index (χ1n) is 7.09. The summed E-state index contributed by atoms with van der Waals surface area (Å²) in [6.07, 6.45) is 6.66. The van der Waals surface area contributed by atoms with Crippen molar-refractivity contribution in [1.29, 1.82) is 0 Å². The predicted molar refractivity (Wildman–Crippen MR) is 74.0 cm³/mol. The van der Waals surface area contributed by atoms with E-state index in [1.165, 1.54) is 25.7 Å². The van der Waals surface area contributed by atoms with Gasteiger partial charge in [0.2, 0.25) is 5.91 Å². The minimum atomic E-state index is 0.0839. The lowest BCUT2D eigenvalue weighted by molar-refractivity contribution is -0.117. The van der Waals surface area contributed by atoms with Gasteiger partial charge >= 0.3 is 0 Å². The minimum Gasteiger partial charge on any atom is -0.326 e. The molecule has 1 N–H and O–H groups in total. The molecule has 3 nitrogen and oxygen atoms in total. The van der Waals surface area contributed by atoms with Crippen molar-refractivity contribution < 1.29 is 9.59 Å². The average molecular weight is 257 g/mol. The van der Waals surface area contributed by atoms with Crippen LogP contribution in [0, 0.1) is 17.8 Å². The van der Waals surface area contributed by atoms with Crippen molar-refractivity contribution in [3.8, 4) is 0 Å². The molecule has 19 heavy (non-hydrogen) atoms. The van der Waals surface area contributed by atoms with Crippen LogP contribution in [-0.4, -0.2) is 12.2 Å². The van der Waals surface area contributed by atoms with E-state index in [4.69, 9.17) is 0 Å². The fourth-order valence-electron chi connectivity index (χ4n) is 3.77. The fourth-order valence-corrected chi connectivity index (χ4v) is 3.77. The number of nitrogens with one attached hydrogen (secondary N) is 1. The van der Waals surface area contributed by atoms with E-state index in [2.05, 4.69) is 5.32 Å². The Bertz CT molecular complexity index is 497. The second kappa shape index (κ2) is 5.16. The van der Waals surface area contributed by atoms with Crippen molar-refractivity contribution in [2.75, 3.05) is 5.32 Å². The first-order chi connectivity index (χ1) is 9.24. The highest BCUT2D eigenvalue weighted by Crippen LogP contribution is 2.49. The molecular weight excluding hydrogens is 238 g/mol. The maximum atomic E-state index is 12.0. The Hall–Kier alpha value is -1.64. The summed E-state index contributed by atoms with van der Waals surface area (Å²) >= 11 is 0. The third-order valence-electron chi connectivity index (χ3n) is 4.64. The highest BCUT2D eigenvalue weighted by molar-refractivity contribution is 5.92. The largest absolute Gasteiger partial charge is 0.326 e. The van der Waals surface area contributed by atoms with Gasteiger partial charge in [-0.25, -0.2) is 0 Å². The third kappa shape index (κ3) is 2.70. The lowest BCUT2D eigenvalue weighted by atomic mass is 9.86. The monoisotopic (exact) mass is 257 g/mol. The Morgan fingerprint density at radius 2 is 2.21 bits per heavy atom. The van der Waals surface area contributed by atoms with Crippen LogP contribution in [0.5, 0.6) is 0 Å². The summed E-state index contributed by atoms with van der Waals surface area (Å²) in [6.45, 7) is 0. The predicted octanol–water partition coefficient (Wildman–Crippen LogP) is 3.26. The molecule has 3 atom stereocenters. The van der Waals surface area contributed by atoms with E-state index in [0.29, 0.717) is 17.9 Å². The summed E-state index contributed by atoms with van der Waals surface area (Å²) in [4.78, 5) is 22.7. The molecular formula is C16H19NO2. The SMILES string of the molecule is O=Cc1cccc(NC(=O)CC2CC3CCC2C3)c1. The van der Waals surface area contributed by atoms with E-state index in [9.17, 15) is 9.59 Å². The molecule has 1 aromatic rings. The minimum absolute atomic E-state index is 0.0839. The Morgan fingerprint density at radius 3 is 2.89 bits per heavy atom. The molecule has 0 saturated heterocycles. The molecule has 0 radical (unpaired) electrons. The molecule has 2 fully saturated rings. The number of benzene rings is 1. The zero-order valence-electron chi connectivity index (χ0n) is 11.0. The topological polar surface area (TPSA) is 46.2 Å². The van der Waals surface area contributed by atoms with Gasteiger partial charge in [-0.05, 0) is 49.1 Å². The second-order valence-corrected chi connectivity index (χ2v) is 5.93. The molecule has 0 heterocycles. The standard InChI is InChI=1S/C16H19NO2/c18-10-12-2-1-3-15(8-12)17-16(19)9-14-7-11-4-5-13(14)6-11/h1-3,8,10-11,13-14H,4-7,9H2,(H,17,19). The highest BCUT2D eigenvalue weighted by Gasteiger charge is 2.40. The second-order valence-electron chi connectivity index (χ2n) is 5.93. The molecule has 2 aliphatic carbocycles. The summed E-state index contributed by atoms with van der Waals surface area (Å²) in [5.74, 6) is 2.31. The van der Waals surface area contributed by atoms with Gasteiger partial charge in [0, 0.05) is 17.7 Å². The van der Waals surface area contributed by atoms with Crippen molar-refractivity contribution in [2.45, 2.75) is 32.1 Å². The van der Waals surface area contributed by atoms with Crippen LogP contribution >= 0.6 is 0 Å². The number of anilines is 1. The van der Waals surface area contributed by atoms with Gasteiger partial charge in [-0.1, -0.05) is 18.6 Å². The summed E-state index contributed by atoms with van der Waals surface area (Å²) in [5, 5.41) is 2.91. The molecule has 100 valence electrons. The zero-order chi connectivity index (χ0) is 13.2. The van der Waals surface area contributed by atoms with E-state index in [-0.39, 0.29) is 5.91 Å². The molecule has 1 amide bonds. The Kier molecular flexibility index (Phi) is 3.36. The van der Waals surface area contributed by atoms with Crippen molar-refractivity contribution in [3.05, 3.63) is 29.8 Å². The van der Waals surface area contributed by atoms with Gasteiger partial charge in [-0.2, -0.15) is 0 Å². The molecule has 1 aromatic carbocycles. The maximum absolute atomic E-state index is 12.0. The smallest absolute Gasteiger partial charge is 0.224 e. The van der Waals surface area contributed by atoms with Crippen molar-refractivity contribution >= 4 is 17.9 Å². The normalized spacial score (nSPS) is 28.3. The van der Waals surface area contributed by atoms with E-state index >= 15 is 0 Å². The number of hydrogen-bond acceptors (Lipinski definition) is 2. The number of amides is 1. The molecule has 2 bridgehead atoms. The summed E-state index contributed by atoms with van der Waals surface area (Å²) in [6, 6.07) is 7.06.